The Hall–Kier alpha value is -2.30. The number of hydrogen-bond donors (Lipinski definition) is 2. The third-order valence-corrected chi connectivity index (χ3v) is 3.11. The fraction of sp³-hybridized carbons (Fsp3) is 0.333. The molecule has 0 radical (unpaired) electrons. The van der Waals surface area contributed by atoms with Gasteiger partial charge < -0.3 is 15.2 Å². The molecule has 1 unspecified atom stereocenters. The van der Waals surface area contributed by atoms with Gasteiger partial charge in [0.2, 0.25) is 0 Å². The summed E-state index contributed by atoms with van der Waals surface area (Å²) < 4.78 is 1.94. The number of amides is 1. The minimum absolute atomic E-state index is 0.0296. The predicted octanol–water partition coefficient (Wildman–Crippen LogP) is 2.05. The first-order chi connectivity index (χ1) is 9.60. The summed E-state index contributed by atoms with van der Waals surface area (Å²) in [6, 6.07) is 5.83. The molecule has 2 aromatic rings. The molecule has 2 rings (SSSR count). The van der Waals surface area contributed by atoms with Crippen molar-refractivity contribution in [3.8, 4) is 0 Å². The Morgan fingerprint density at radius 2 is 2.25 bits per heavy atom. The summed E-state index contributed by atoms with van der Waals surface area (Å²) in [6.45, 7) is 4.66. The summed E-state index contributed by atoms with van der Waals surface area (Å²) in [4.78, 5) is 16.3. The van der Waals surface area contributed by atoms with E-state index in [1.807, 2.05) is 49.9 Å². The number of carbonyl (C=O) groups is 1. The highest BCUT2D eigenvalue weighted by Gasteiger charge is 2.13. The van der Waals surface area contributed by atoms with Crippen LogP contribution in [0.1, 0.15) is 22.8 Å². The molecule has 1 amide bonds. The highest BCUT2D eigenvalue weighted by atomic mass is 16.1. The average Bonchev–Trinajstić information content (AvgIpc) is 2.91. The normalized spacial score (nSPS) is 11.9. The molecule has 0 aliphatic heterocycles. The number of nitrogens with zero attached hydrogens (tertiary/aromatic N) is 2. The first kappa shape index (κ1) is 14.1. The van der Waals surface area contributed by atoms with Gasteiger partial charge >= 0.3 is 0 Å². The molecule has 0 saturated carbocycles. The van der Waals surface area contributed by atoms with E-state index in [2.05, 4.69) is 15.6 Å². The molecule has 1 aromatic carbocycles. The second-order valence-electron chi connectivity index (χ2n) is 4.93. The number of rotatable bonds is 5. The van der Waals surface area contributed by atoms with Crippen molar-refractivity contribution in [2.75, 3.05) is 12.4 Å². The lowest BCUT2D eigenvalue weighted by Crippen LogP contribution is -2.35. The summed E-state index contributed by atoms with van der Waals surface area (Å²) in [5.41, 5.74) is 2.57. The number of nitrogens with one attached hydrogen (secondary N) is 2. The zero-order valence-electron chi connectivity index (χ0n) is 12.1. The second-order valence-corrected chi connectivity index (χ2v) is 4.93. The van der Waals surface area contributed by atoms with E-state index in [1.165, 1.54) is 0 Å². The standard InChI is InChI=1S/C15H20N4O/c1-11-4-5-14(16-3)13(8-11)15(20)18-12(2)9-19-7-6-17-10-19/h4-8,10,12,16H,9H2,1-3H3,(H,18,20). The number of hydrogen-bond acceptors (Lipinski definition) is 3. The van der Waals surface area contributed by atoms with Crippen molar-refractivity contribution in [1.82, 2.24) is 14.9 Å². The molecule has 5 nitrogen and oxygen atoms in total. The minimum Gasteiger partial charge on any atom is -0.387 e. The largest absolute Gasteiger partial charge is 0.387 e. The van der Waals surface area contributed by atoms with E-state index >= 15 is 0 Å². The third kappa shape index (κ3) is 3.38. The monoisotopic (exact) mass is 272 g/mol. The molecule has 2 N–H and O–H groups in total. The van der Waals surface area contributed by atoms with Gasteiger partial charge in [-0.15, -0.1) is 0 Å². The van der Waals surface area contributed by atoms with Gasteiger partial charge in [0, 0.05) is 37.7 Å². The van der Waals surface area contributed by atoms with Gasteiger partial charge in [-0.1, -0.05) is 11.6 Å². The van der Waals surface area contributed by atoms with Gasteiger partial charge in [0.25, 0.3) is 5.91 Å². The maximum absolute atomic E-state index is 12.3. The molecule has 1 heterocycles. The van der Waals surface area contributed by atoms with Crippen LogP contribution < -0.4 is 10.6 Å². The zero-order valence-corrected chi connectivity index (χ0v) is 12.1. The maximum atomic E-state index is 12.3. The second kappa shape index (κ2) is 6.23. The third-order valence-electron chi connectivity index (χ3n) is 3.11. The van der Waals surface area contributed by atoms with Crippen LogP contribution in [0.25, 0.3) is 0 Å². The lowest BCUT2D eigenvalue weighted by atomic mass is 10.1. The molecule has 0 spiro atoms. The van der Waals surface area contributed by atoms with E-state index in [1.54, 1.807) is 12.5 Å². The maximum Gasteiger partial charge on any atom is 0.253 e. The van der Waals surface area contributed by atoms with Crippen LogP contribution in [0.3, 0.4) is 0 Å². The molecule has 0 fully saturated rings. The van der Waals surface area contributed by atoms with Gasteiger partial charge in [-0.25, -0.2) is 4.98 Å². The Balaban J connectivity index is 2.06. The Bertz CT molecular complexity index is 578. The summed E-state index contributed by atoms with van der Waals surface area (Å²) in [6.07, 6.45) is 5.36. The molecule has 5 heteroatoms. The summed E-state index contributed by atoms with van der Waals surface area (Å²) in [7, 11) is 1.82. The van der Waals surface area contributed by atoms with Gasteiger partial charge in [-0.2, -0.15) is 0 Å². The van der Waals surface area contributed by atoms with Crippen molar-refractivity contribution in [2.24, 2.45) is 0 Å². The Kier molecular flexibility index (Phi) is 4.40. The molecule has 0 aliphatic carbocycles. The molecule has 106 valence electrons. The first-order valence-corrected chi connectivity index (χ1v) is 6.65. The van der Waals surface area contributed by atoms with E-state index in [4.69, 9.17) is 0 Å². The summed E-state index contributed by atoms with van der Waals surface area (Å²) in [5.74, 6) is -0.0642. The van der Waals surface area contributed by atoms with Crippen LogP contribution in [0.4, 0.5) is 5.69 Å². The Labute approximate surface area is 119 Å². The smallest absolute Gasteiger partial charge is 0.253 e. The molecular formula is C15H20N4O. The number of aryl methyl sites for hydroxylation is 1. The van der Waals surface area contributed by atoms with Gasteiger partial charge in [-0.05, 0) is 26.0 Å². The summed E-state index contributed by atoms with van der Waals surface area (Å²) in [5, 5.41) is 6.06. The van der Waals surface area contributed by atoms with Crippen LogP contribution >= 0.6 is 0 Å². The van der Waals surface area contributed by atoms with Crippen molar-refractivity contribution >= 4 is 11.6 Å². The summed E-state index contributed by atoms with van der Waals surface area (Å²) >= 11 is 0. The van der Waals surface area contributed by atoms with Crippen LogP contribution in [0.5, 0.6) is 0 Å². The predicted molar refractivity (Wildman–Crippen MR) is 79.9 cm³/mol. The molecule has 1 atom stereocenters. The molecule has 20 heavy (non-hydrogen) atoms. The molecule has 1 aromatic heterocycles. The quantitative estimate of drug-likeness (QED) is 0.876. The van der Waals surface area contributed by atoms with Crippen LogP contribution in [0.2, 0.25) is 0 Å². The number of anilines is 1. The van der Waals surface area contributed by atoms with Crippen LogP contribution in [0, 0.1) is 6.92 Å². The number of imidazole rings is 1. The highest BCUT2D eigenvalue weighted by molar-refractivity contribution is 5.99. The molecule has 0 bridgehead atoms. The van der Waals surface area contributed by atoms with Crippen molar-refractivity contribution in [2.45, 2.75) is 26.4 Å². The molecule has 0 aliphatic rings. The fourth-order valence-electron chi connectivity index (χ4n) is 2.12. The lowest BCUT2D eigenvalue weighted by molar-refractivity contribution is 0.0937. The molecular weight excluding hydrogens is 252 g/mol. The van der Waals surface area contributed by atoms with Crippen LogP contribution in [-0.2, 0) is 6.54 Å². The number of carbonyl (C=O) groups excluding carboxylic acids is 1. The Morgan fingerprint density at radius 3 is 2.90 bits per heavy atom. The minimum atomic E-state index is -0.0642. The van der Waals surface area contributed by atoms with E-state index in [0.29, 0.717) is 12.1 Å². The highest BCUT2D eigenvalue weighted by Crippen LogP contribution is 2.16. The van der Waals surface area contributed by atoms with E-state index in [9.17, 15) is 4.79 Å². The fourth-order valence-corrected chi connectivity index (χ4v) is 2.12. The van der Waals surface area contributed by atoms with E-state index < -0.39 is 0 Å². The SMILES string of the molecule is CNc1ccc(C)cc1C(=O)NC(C)Cn1ccnc1. The number of benzene rings is 1. The van der Waals surface area contributed by atoms with Crippen LogP contribution in [-0.4, -0.2) is 28.5 Å². The Morgan fingerprint density at radius 1 is 1.45 bits per heavy atom. The number of aromatic nitrogens is 2. The molecule has 0 saturated heterocycles. The van der Waals surface area contributed by atoms with E-state index in [0.717, 1.165) is 11.3 Å². The lowest BCUT2D eigenvalue weighted by Gasteiger charge is -2.16. The first-order valence-electron chi connectivity index (χ1n) is 6.65. The van der Waals surface area contributed by atoms with Gasteiger partial charge in [0.1, 0.15) is 0 Å². The van der Waals surface area contributed by atoms with Gasteiger partial charge in [0.15, 0.2) is 0 Å². The average molecular weight is 272 g/mol. The van der Waals surface area contributed by atoms with Gasteiger partial charge in [0.05, 0.1) is 11.9 Å². The van der Waals surface area contributed by atoms with Crippen molar-refractivity contribution < 1.29 is 4.79 Å². The topological polar surface area (TPSA) is 59.0 Å². The van der Waals surface area contributed by atoms with Crippen LogP contribution in [0.15, 0.2) is 36.9 Å². The van der Waals surface area contributed by atoms with Gasteiger partial charge in [-0.3, -0.25) is 4.79 Å². The zero-order chi connectivity index (χ0) is 14.5. The van der Waals surface area contributed by atoms with Crippen molar-refractivity contribution in [3.63, 3.8) is 0 Å². The van der Waals surface area contributed by atoms with Crippen molar-refractivity contribution in [1.29, 1.82) is 0 Å². The van der Waals surface area contributed by atoms with Crippen molar-refractivity contribution in [3.05, 3.63) is 48.0 Å². The van der Waals surface area contributed by atoms with E-state index in [-0.39, 0.29) is 11.9 Å².